The summed E-state index contributed by atoms with van der Waals surface area (Å²) in [5, 5.41) is 30.0. The van der Waals surface area contributed by atoms with E-state index in [0.29, 0.717) is 49.5 Å². The summed E-state index contributed by atoms with van der Waals surface area (Å²) in [6.07, 6.45) is 4.26. The molecule has 3 aromatic carbocycles. The Morgan fingerprint density at radius 3 is 2.34 bits per heavy atom. The van der Waals surface area contributed by atoms with Crippen LogP contribution in [0.4, 0.5) is 4.79 Å². The number of para-hydroxylation sites is 1. The van der Waals surface area contributed by atoms with Crippen LogP contribution in [0.5, 0.6) is 0 Å². The molecule has 3 heterocycles. The highest BCUT2D eigenvalue weighted by Crippen LogP contribution is 2.38. The van der Waals surface area contributed by atoms with Crippen molar-refractivity contribution in [3.05, 3.63) is 84.1 Å². The maximum atomic E-state index is 15.2. The number of carbonyl (C=O) groups is 8. The van der Waals surface area contributed by atoms with Gasteiger partial charge in [0.05, 0.1) is 0 Å². The number of guanidine groups is 1. The Morgan fingerprint density at radius 2 is 1.63 bits per heavy atom. The average molecular weight is 933 g/mol. The van der Waals surface area contributed by atoms with E-state index in [-0.39, 0.29) is 51.6 Å². The number of primary amides is 1. The number of amides is 8. The monoisotopic (exact) mass is 932 g/mol. The lowest BCUT2D eigenvalue weighted by atomic mass is 9.85. The molecule has 1 unspecified atom stereocenters. The summed E-state index contributed by atoms with van der Waals surface area (Å²) in [6, 6.07) is 13.2. The maximum Gasteiger partial charge on any atom is 0.325 e. The Labute approximate surface area is 392 Å². The standard InChI is InChI=1S/C48H60N12O8/c1-2-33-43(66)60(46(68)58-33)48(18-8-9-19-48)44(67)57-36(24-28-16-17-29-11-3-4-12-30(29)23-28)41(64)59-38-42(65)56-37(25-31-26-53-34-14-6-5-13-32(31)34)40(63)55-35(39(49)62)15-7-10-21-54-47(38,27-61)20-22-52-45(50)51/h3-6,11-14,16-17,23,26-27,33,35-38,53-54H,2,7-10,15,18-22,24-25H2,1H3,(H2,49,62)(H,55,63)(H,56,65)(H,57,67)(H,58,68)(H,59,64)(H4,50,51,52)/t33-,35-,36+,37-,38?,47-/m0/s1. The molecule has 7 rings (SSSR count). The van der Waals surface area contributed by atoms with Gasteiger partial charge in [-0.2, -0.15) is 0 Å². The maximum absolute atomic E-state index is 15.2. The van der Waals surface area contributed by atoms with Gasteiger partial charge in [-0.15, -0.1) is 0 Å². The molecule has 20 heteroatoms. The van der Waals surface area contributed by atoms with Crippen molar-refractivity contribution in [2.45, 2.75) is 119 Å². The summed E-state index contributed by atoms with van der Waals surface area (Å²) in [5.41, 5.74) is 9.86. The number of hydrogen-bond donors (Lipinski definition) is 11. The normalized spacial score (nSPS) is 23.8. The van der Waals surface area contributed by atoms with Crippen molar-refractivity contribution in [1.29, 1.82) is 5.41 Å². The van der Waals surface area contributed by atoms with E-state index in [1.807, 2.05) is 60.7 Å². The number of carbonyl (C=O) groups excluding carboxylic acids is 8. The number of hydrogen-bond acceptors (Lipinski definition) is 10. The number of urea groups is 1. The molecule has 4 aromatic rings. The third kappa shape index (κ3) is 10.4. The van der Waals surface area contributed by atoms with E-state index in [2.05, 4.69) is 42.2 Å². The van der Waals surface area contributed by atoms with Crippen LogP contribution in [-0.2, 0) is 46.4 Å². The number of rotatable bonds is 15. The van der Waals surface area contributed by atoms with E-state index >= 15 is 9.59 Å². The van der Waals surface area contributed by atoms with Crippen molar-refractivity contribution in [1.82, 2.24) is 47.1 Å². The van der Waals surface area contributed by atoms with Crippen LogP contribution in [0.25, 0.3) is 21.7 Å². The largest absolute Gasteiger partial charge is 0.370 e. The third-order valence-corrected chi connectivity index (χ3v) is 13.5. The zero-order valence-electron chi connectivity index (χ0n) is 38.0. The Kier molecular flexibility index (Phi) is 15.1. The molecule has 2 aliphatic heterocycles. The molecule has 0 bridgehead atoms. The van der Waals surface area contributed by atoms with Crippen LogP contribution in [0.3, 0.4) is 0 Å². The molecule has 20 nitrogen and oxygen atoms in total. The second-order valence-electron chi connectivity index (χ2n) is 17.9. The molecule has 8 amide bonds. The highest BCUT2D eigenvalue weighted by molar-refractivity contribution is 6.09. The molecule has 68 heavy (non-hydrogen) atoms. The van der Waals surface area contributed by atoms with Crippen LogP contribution in [0.2, 0.25) is 0 Å². The Bertz CT molecular complexity index is 2590. The van der Waals surface area contributed by atoms with Gasteiger partial charge in [-0.1, -0.05) is 80.4 Å². The quantitative estimate of drug-likeness (QED) is 0.0342. The van der Waals surface area contributed by atoms with Crippen molar-refractivity contribution in [2.24, 2.45) is 11.5 Å². The van der Waals surface area contributed by atoms with Crippen LogP contribution >= 0.6 is 0 Å². The predicted molar refractivity (Wildman–Crippen MR) is 252 cm³/mol. The van der Waals surface area contributed by atoms with Crippen LogP contribution in [0, 0.1) is 5.41 Å². The number of aromatic amines is 1. The van der Waals surface area contributed by atoms with Crippen LogP contribution in [0.1, 0.15) is 75.8 Å². The zero-order valence-corrected chi connectivity index (χ0v) is 38.0. The first-order valence-corrected chi connectivity index (χ1v) is 23.2. The number of aldehydes is 1. The smallest absolute Gasteiger partial charge is 0.325 e. The highest BCUT2D eigenvalue weighted by atomic mass is 16.2. The second kappa shape index (κ2) is 21.1. The molecule has 13 N–H and O–H groups in total. The number of imide groups is 1. The lowest BCUT2D eigenvalue weighted by molar-refractivity contribution is -0.144. The Hall–Kier alpha value is -7.35. The predicted octanol–water partition coefficient (Wildman–Crippen LogP) is 0.758. The third-order valence-electron chi connectivity index (χ3n) is 13.5. The summed E-state index contributed by atoms with van der Waals surface area (Å²) in [4.78, 5) is 117. The molecule has 1 aromatic heterocycles. The van der Waals surface area contributed by atoms with E-state index in [0.717, 1.165) is 26.6 Å². The Balaban J connectivity index is 1.29. The zero-order chi connectivity index (χ0) is 48.6. The van der Waals surface area contributed by atoms with Gasteiger partial charge in [-0.3, -0.25) is 34.2 Å². The van der Waals surface area contributed by atoms with Crippen molar-refractivity contribution >= 4 is 75.4 Å². The number of aromatic nitrogens is 1. The van der Waals surface area contributed by atoms with Crippen molar-refractivity contribution in [2.75, 3.05) is 13.1 Å². The van der Waals surface area contributed by atoms with Gasteiger partial charge in [0.25, 0.3) is 5.91 Å². The van der Waals surface area contributed by atoms with E-state index in [4.69, 9.17) is 16.9 Å². The van der Waals surface area contributed by atoms with Gasteiger partial charge in [-0.05, 0) is 79.5 Å². The first kappa shape index (κ1) is 48.6. The first-order chi connectivity index (χ1) is 32.7. The Morgan fingerprint density at radius 1 is 0.897 bits per heavy atom. The molecular weight excluding hydrogens is 873 g/mol. The molecule has 1 aliphatic carbocycles. The van der Waals surface area contributed by atoms with Crippen molar-refractivity contribution in [3.63, 3.8) is 0 Å². The van der Waals surface area contributed by atoms with E-state index in [1.54, 1.807) is 19.2 Å². The molecule has 0 spiro atoms. The van der Waals surface area contributed by atoms with Crippen LogP contribution in [0.15, 0.2) is 72.9 Å². The number of fused-ring (bicyclic) bond motifs is 2. The number of nitrogens with zero attached hydrogens (tertiary/aromatic N) is 1. The van der Waals surface area contributed by atoms with Gasteiger partial charge in [0.1, 0.15) is 47.6 Å². The number of nitrogens with two attached hydrogens (primary N) is 2. The van der Waals surface area contributed by atoms with Crippen molar-refractivity contribution in [3.8, 4) is 0 Å². The fraction of sp³-hybridized carbons (Fsp3) is 0.438. The summed E-state index contributed by atoms with van der Waals surface area (Å²) in [5.74, 6) is -5.08. The minimum atomic E-state index is -1.93. The molecular formula is C48H60N12O8. The molecule has 2 saturated heterocycles. The van der Waals surface area contributed by atoms with Gasteiger partial charge < -0.3 is 58.5 Å². The van der Waals surface area contributed by atoms with E-state index in [1.165, 1.54) is 0 Å². The van der Waals surface area contributed by atoms with Gasteiger partial charge in [0.2, 0.25) is 29.5 Å². The molecule has 0 radical (unpaired) electrons. The van der Waals surface area contributed by atoms with Crippen molar-refractivity contribution < 1.29 is 38.4 Å². The fourth-order valence-corrected chi connectivity index (χ4v) is 9.74. The summed E-state index contributed by atoms with van der Waals surface area (Å²) in [7, 11) is 0. The van der Waals surface area contributed by atoms with E-state index in [9.17, 15) is 28.8 Å². The lowest BCUT2D eigenvalue weighted by Gasteiger charge is -2.39. The number of benzene rings is 3. The minimum Gasteiger partial charge on any atom is -0.370 e. The van der Waals surface area contributed by atoms with Crippen LogP contribution in [-0.4, -0.2) is 118 Å². The molecule has 3 aliphatic rings. The average Bonchev–Trinajstić information content (AvgIpc) is 4.06. The van der Waals surface area contributed by atoms with Gasteiger partial charge >= 0.3 is 6.03 Å². The van der Waals surface area contributed by atoms with E-state index < -0.39 is 88.7 Å². The fourth-order valence-electron chi connectivity index (χ4n) is 9.74. The summed E-state index contributed by atoms with van der Waals surface area (Å²) in [6.45, 7) is 1.71. The molecule has 6 atom stereocenters. The minimum absolute atomic E-state index is 0.0844. The SMILES string of the molecule is CC[C@@H]1NC(=O)N(C2(C(=O)N[C@H](Cc3ccc4ccccc4c3)C(=O)NC3C(=O)N[C@@H](Cc4c[nH]c5ccccc45)C(=O)N[C@H](C(N)=O)CCCCN[C@]3(C=O)CCNC(=N)N)CCCC2)C1=O. The summed E-state index contributed by atoms with van der Waals surface area (Å²) >= 11 is 0. The number of H-pyrrole nitrogens is 1. The second-order valence-corrected chi connectivity index (χ2v) is 17.9. The van der Waals surface area contributed by atoms with Crippen LogP contribution < -0.4 is 48.7 Å². The molecule has 360 valence electrons. The number of nitrogens with one attached hydrogen (secondary N) is 9. The molecule has 3 fully saturated rings. The highest BCUT2D eigenvalue weighted by Gasteiger charge is 2.56. The van der Waals surface area contributed by atoms with Gasteiger partial charge in [0.15, 0.2) is 5.96 Å². The summed E-state index contributed by atoms with van der Waals surface area (Å²) < 4.78 is 0. The first-order valence-electron chi connectivity index (χ1n) is 23.2. The lowest BCUT2D eigenvalue weighted by Crippen LogP contribution is -2.71. The topological polar surface area (TPSA) is 316 Å². The molecule has 1 saturated carbocycles. The van der Waals surface area contributed by atoms with Gasteiger partial charge in [-0.25, -0.2) is 9.69 Å². The van der Waals surface area contributed by atoms with Gasteiger partial charge in [0, 0.05) is 36.5 Å².